The van der Waals surface area contributed by atoms with Crippen molar-refractivity contribution in [3.8, 4) is 0 Å². The van der Waals surface area contributed by atoms with E-state index in [0.29, 0.717) is 5.69 Å². The summed E-state index contributed by atoms with van der Waals surface area (Å²) in [4.78, 5) is 6.51. The fourth-order valence-corrected chi connectivity index (χ4v) is 1.93. The number of anilines is 2. The van der Waals surface area contributed by atoms with Gasteiger partial charge in [0.05, 0.1) is 11.4 Å². The minimum Gasteiger partial charge on any atom is -0.397 e. The Balaban J connectivity index is 2.19. The molecule has 0 saturated heterocycles. The van der Waals surface area contributed by atoms with Gasteiger partial charge in [-0.25, -0.2) is 4.98 Å². The van der Waals surface area contributed by atoms with E-state index >= 15 is 0 Å². The van der Waals surface area contributed by atoms with Crippen molar-refractivity contribution in [2.45, 2.75) is 13.5 Å². The summed E-state index contributed by atoms with van der Waals surface area (Å²) >= 11 is 6.15. The number of halogens is 1. The highest BCUT2D eigenvalue weighted by Gasteiger charge is 2.07. The number of hydrogen-bond donors (Lipinski definition) is 1. The number of aromatic nitrogens is 1. The van der Waals surface area contributed by atoms with E-state index in [-0.39, 0.29) is 0 Å². The molecule has 0 spiro atoms. The standard InChI is InChI=1S/C14H16ClN3/c1-10-13(16)7-8-14(17-10)18(2)9-11-5-3-4-6-12(11)15/h3-8H,9,16H2,1-2H3. The molecule has 0 saturated carbocycles. The second-order valence-electron chi connectivity index (χ2n) is 4.29. The van der Waals surface area contributed by atoms with Gasteiger partial charge < -0.3 is 10.6 Å². The first-order valence-electron chi connectivity index (χ1n) is 5.75. The molecule has 0 aliphatic rings. The summed E-state index contributed by atoms with van der Waals surface area (Å²) < 4.78 is 0. The molecule has 1 aromatic carbocycles. The van der Waals surface area contributed by atoms with Gasteiger partial charge in [0.15, 0.2) is 0 Å². The molecular formula is C14H16ClN3. The summed E-state index contributed by atoms with van der Waals surface area (Å²) in [7, 11) is 1.99. The van der Waals surface area contributed by atoms with Gasteiger partial charge in [0.25, 0.3) is 0 Å². The molecule has 0 bridgehead atoms. The van der Waals surface area contributed by atoms with Gasteiger partial charge in [0.2, 0.25) is 0 Å². The van der Waals surface area contributed by atoms with E-state index in [2.05, 4.69) is 4.98 Å². The van der Waals surface area contributed by atoms with Gasteiger partial charge in [0, 0.05) is 18.6 Å². The highest BCUT2D eigenvalue weighted by molar-refractivity contribution is 6.31. The molecule has 0 radical (unpaired) electrons. The molecule has 2 aromatic rings. The first-order chi connectivity index (χ1) is 8.58. The molecule has 0 atom stereocenters. The van der Waals surface area contributed by atoms with Crippen LogP contribution in [0.3, 0.4) is 0 Å². The first kappa shape index (κ1) is 12.7. The van der Waals surface area contributed by atoms with Crippen LogP contribution >= 0.6 is 11.6 Å². The number of nitrogens with two attached hydrogens (primary N) is 1. The predicted molar refractivity (Wildman–Crippen MR) is 76.9 cm³/mol. The molecule has 4 heteroatoms. The lowest BCUT2D eigenvalue weighted by Gasteiger charge is -2.19. The lowest BCUT2D eigenvalue weighted by atomic mass is 10.2. The molecule has 0 aliphatic carbocycles. The maximum Gasteiger partial charge on any atom is 0.128 e. The van der Waals surface area contributed by atoms with Gasteiger partial charge in [-0.05, 0) is 30.7 Å². The van der Waals surface area contributed by atoms with Crippen LogP contribution in [0.2, 0.25) is 5.02 Å². The number of benzene rings is 1. The fourth-order valence-electron chi connectivity index (χ4n) is 1.73. The van der Waals surface area contributed by atoms with Gasteiger partial charge in [-0.2, -0.15) is 0 Å². The van der Waals surface area contributed by atoms with Crippen LogP contribution in [0.5, 0.6) is 0 Å². The van der Waals surface area contributed by atoms with Crippen molar-refractivity contribution in [3.05, 3.63) is 52.7 Å². The number of aryl methyl sites for hydroxylation is 1. The van der Waals surface area contributed by atoms with Crippen molar-refractivity contribution < 1.29 is 0 Å². The third kappa shape index (κ3) is 2.74. The van der Waals surface area contributed by atoms with E-state index in [4.69, 9.17) is 17.3 Å². The van der Waals surface area contributed by atoms with E-state index in [9.17, 15) is 0 Å². The minimum atomic E-state index is 0.713. The van der Waals surface area contributed by atoms with Crippen LogP contribution in [0.1, 0.15) is 11.3 Å². The average Bonchev–Trinajstić information content (AvgIpc) is 2.35. The smallest absolute Gasteiger partial charge is 0.128 e. The summed E-state index contributed by atoms with van der Waals surface area (Å²) in [6.07, 6.45) is 0. The van der Waals surface area contributed by atoms with Crippen LogP contribution in [0.25, 0.3) is 0 Å². The molecular weight excluding hydrogens is 246 g/mol. The topological polar surface area (TPSA) is 42.2 Å². The molecule has 0 aliphatic heterocycles. The maximum atomic E-state index is 6.15. The number of pyridine rings is 1. The molecule has 2 rings (SSSR count). The first-order valence-corrected chi connectivity index (χ1v) is 6.13. The molecule has 0 amide bonds. The number of hydrogen-bond acceptors (Lipinski definition) is 3. The van der Waals surface area contributed by atoms with Gasteiger partial charge in [0.1, 0.15) is 5.82 Å². The van der Waals surface area contributed by atoms with Crippen LogP contribution in [0.4, 0.5) is 11.5 Å². The minimum absolute atomic E-state index is 0.713. The lowest BCUT2D eigenvalue weighted by molar-refractivity contribution is 0.893. The Labute approximate surface area is 112 Å². The van der Waals surface area contributed by atoms with Gasteiger partial charge >= 0.3 is 0 Å². The third-order valence-electron chi connectivity index (χ3n) is 2.87. The molecule has 1 heterocycles. The van der Waals surface area contributed by atoms with Crippen LogP contribution in [0.15, 0.2) is 36.4 Å². The molecule has 0 fully saturated rings. The molecule has 0 unspecified atom stereocenters. The molecule has 18 heavy (non-hydrogen) atoms. The Morgan fingerprint density at radius 2 is 1.94 bits per heavy atom. The Bertz CT molecular complexity index is 554. The molecule has 3 nitrogen and oxygen atoms in total. The number of nitrogens with zero attached hydrogens (tertiary/aromatic N) is 2. The van der Waals surface area contributed by atoms with Crippen LogP contribution in [-0.2, 0) is 6.54 Å². The normalized spacial score (nSPS) is 10.4. The highest BCUT2D eigenvalue weighted by atomic mass is 35.5. The van der Waals surface area contributed by atoms with E-state index in [1.54, 1.807) is 0 Å². The van der Waals surface area contributed by atoms with Crippen molar-refractivity contribution in [1.29, 1.82) is 0 Å². The van der Waals surface area contributed by atoms with Crippen LogP contribution in [0, 0.1) is 6.92 Å². The van der Waals surface area contributed by atoms with Crippen molar-refractivity contribution in [2.75, 3.05) is 17.7 Å². The molecule has 2 N–H and O–H groups in total. The summed E-state index contributed by atoms with van der Waals surface area (Å²) in [6.45, 7) is 2.62. The van der Waals surface area contributed by atoms with Gasteiger partial charge in [-0.1, -0.05) is 29.8 Å². The second kappa shape index (κ2) is 5.27. The van der Waals surface area contributed by atoms with Crippen molar-refractivity contribution in [3.63, 3.8) is 0 Å². The van der Waals surface area contributed by atoms with Gasteiger partial charge in [-0.15, -0.1) is 0 Å². The zero-order valence-corrected chi connectivity index (χ0v) is 11.3. The van der Waals surface area contributed by atoms with Crippen molar-refractivity contribution in [1.82, 2.24) is 4.98 Å². The zero-order chi connectivity index (χ0) is 13.1. The van der Waals surface area contributed by atoms with Crippen molar-refractivity contribution in [2.24, 2.45) is 0 Å². The molecule has 94 valence electrons. The monoisotopic (exact) mass is 261 g/mol. The SMILES string of the molecule is Cc1nc(N(C)Cc2ccccc2Cl)ccc1N. The number of rotatable bonds is 3. The Morgan fingerprint density at radius 1 is 1.22 bits per heavy atom. The third-order valence-corrected chi connectivity index (χ3v) is 3.24. The van der Waals surface area contributed by atoms with Crippen LogP contribution in [-0.4, -0.2) is 12.0 Å². The van der Waals surface area contributed by atoms with E-state index in [1.165, 1.54) is 0 Å². The number of nitrogen functional groups attached to an aromatic ring is 1. The highest BCUT2D eigenvalue weighted by Crippen LogP contribution is 2.20. The predicted octanol–water partition coefficient (Wildman–Crippen LogP) is 3.26. The molecule has 1 aromatic heterocycles. The van der Waals surface area contributed by atoms with E-state index in [1.807, 2.05) is 55.3 Å². The second-order valence-corrected chi connectivity index (χ2v) is 4.70. The maximum absolute atomic E-state index is 6.15. The van der Waals surface area contributed by atoms with E-state index < -0.39 is 0 Å². The average molecular weight is 262 g/mol. The quantitative estimate of drug-likeness (QED) is 0.922. The summed E-state index contributed by atoms with van der Waals surface area (Å²) in [5.41, 5.74) is 8.40. The van der Waals surface area contributed by atoms with Gasteiger partial charge in [-0.3, -0.25) is 0 Å². The Hall–Kier alpha value is -1.74. The fraction of sp³-hybridized carbons (Fsp3) is 0.214. The zero-order valence-electron chi connectivity index (χ0n) is 10.5. The Morgan fingerprint density at radius 3 is 2.61 bits per heavy atom. The van der Waals surface area contributed by atoms with E-state index in [0.717, 1.165) is 28.6 Å². The van der Waals surface area contributed by atoms with Crippen LogP contribution < -0.4 is 10.6 Å². The van der Waals surface area contributed by atoms with Crippen molar-refractivity contribution >= 4 is 23.1 Å². The summed E-state index contributed by atoms with van der Waals surface area (Å²) in [5, 5.41) is 0.775. The lowest BCUT2D eigenvalue weighted by Crippen LogP contribution is -2.18. The summed E-state index contributed by atoms with van der Waals surface area (Å²) in [6, 6.07) is 11.6. The Kier molecular flexibility index (Phi) is 3.72. The summed E-state index contributed by atoms with van der Waals surface area (Å²) in [5.74, 6) is 0.890. The largest absolute Gasteiger partial charge is 0.397 e.